The molecule has 1 spiro atoms. The smallest absolute Gasteiger partial charge is 0.417 e. The fraction of sp³-hybridized carbons (Fsp3) is 0.875. The van der Waals surface area contributed by atoms with Gasteiger partial charge in [0.2, 0.25) is 5.91 Å². The Bertz CT molecular complexity index is 475. The van der Waals surface area contributed by atoms with Gasteiger partial charge in [0.1, 0.15) is 6.10 Å². The number of imide groups is 1. The molecule has 2 bridgehead atoms. The molecule has 3 aliphatic rings. The summed E-state index contributed by atoms with van der Waals surface area (Å²) in [5.74, 6) is 0.227. The number of fused-ring (bicyclic) bond motifs is 1. The van der Waals surface area contributed by atoms with E-state index in [0.717, 1.165) is 25.7 Å². The number of amides is 2. The van der Waals surface area contributed by atoms with E-state index in [1.807, 2.05) is 6.92 Å². The number of aliphatic hydroxyl groups excluding tert-OH is 1. The van der Waals surface area contributed by atoms with Crippen LogP contribution in [0.2, 0.25) is 0 Å². The third-order valence-corrected chi connectivity index (χ3v) is 6.15. The number of ether oxygens (including phenoxy) is 1. The van der Waals surface area contributed by atoms with E-state index in [9.17, 15) is 14.7 Å². The zero-order chi connectivity index (χ0) is 15.4. The predicted octanol–water partition coefficient (Wildman–Crippen LogP) is 2.46. The van der Waals surface area contributed by atoms with Gasteiger partial charge in [-0.2, -0.15) is 0 Å². The third kappa shape index (κ3) is 1.79. The van der Waals surface area contributed by atoms with Gasteiger partial charge >= 0.3 is 6.09 Å². The third-order valence-electron chi connectivity index (χ3n) is 6.15. The molecule has 0 radical (unpaired) electrons. The zero-order valence-corrected chi connectivity index (χ0v) is 13.1. The zero-order valence-electron chi connectivity index (χ0n) is 13.1. The van der Waals surface area contributed by atoms with Crippen molar-refractivity contribution in [3.63, 3.8) is 0 Å². The number of nitrogens with zero attached hydrogens (tertiary/aromatic N) is 1. The van der Waals surface area contributed by atoms with Gasteiger partial charge in [-0.05, 0) is 37.0 Å². The summed E-state index contributed by atoms with van der Waals surface area (Å²) < 4.78 is 5.51. The number of hydrogen-bond acceptors (Lipinski definition) is 4. The average molecular weight is 295 g/mol. The van der Waals surface area contributed by atoms with Crippen molar-refractivity contribution in [2.45, 2.75) is 77.0 Å². The molecular formula is C16H25NO4. The van der Waals surface area contributed by atoms with E-state index in [1.165, 1.54) is 4.90 Å². The van der Waals surface area contributed by atoms with E-state index in [2.05, 4.69) is 13.8 Å². The molecule has 5 nitrogen and oxygen atoms in total. The Balaban J connectivity index is 1.87. The van der Waals surface area contributed by atoms with Crippen LogP contribution < -0.4 is 0 Å². The maximum atomic E-state index is 12.6. The summed E-state index contributed by atoms with van der Waals surface area (Å²) in [6.07, 6.45) is 2.80. The molecule has 3 fully saturated rings. The molecule has 3 rings (SSSR count). The molecule has 4 atom stereocenters. The number of carbonyl (C=O) groups is 2. The first-order chi connectivity index (χ1) is 9.84. The van der Waals surface area contributed by atoms with Gasteiger partial charge in [0, 0.05) is 0 Å². The lowest BCUT2D eigenvalue weighted by atomic mass is 9.74. The van der Waals surface area contributed by atoms with Gasteiger partial charge in [0.15, 0.2) is 0 Å². The maximum absolute atomic E-state index is 12.6. The lowest BCUT2D eigenvalue weighted by Gasteiger charge is -2.41. The van der Waals surface area contributed by atoms with Crippen LogP contribution in [0.15, 0.2) is 0 Å². The van der Waals surface area contributed by atoms with E-state index in [4.69, 9.17) is 4.74 Å². The molecule has 21 heavy (non-hydrogen) atoms. The molecule has 2 aliphatic carbocycles. The highest BCUT2D eigenvalue weighted by Gasteiger charge is 2.73. The van der Waals surface area contributed by atoms with Gasteiger partial charge < -0.3 is 9.84 Å². The Kier molecular flexibility index (Phi) is 3.32. The lowest BCUT2D eigenvalue weighted by molar-refractivity contribution is -0.136. The van der Waals surface area contributed by atoms with Crippen LogP contribution >= 0.6 is 0 Å². The van der Waals surface area contributed by atoms with E-state index in [0.29, 0.717) is 12.3 Å². The minimum Gasteiger partial charge on any atom is -0.443 e. The van der Waals surface area contributed by atoms with Crippen molar-refractivity contribution < 1.29 is 19.4 Å². The summed E-state index contributed by atoms with van der Waals surface area (Å²) in [7, 11) is 0. The number of carbonyl (C=O) groups excluding carboxylic acids is 2. The quantitative estimate of drug-likeness (QED) is 0.865. The molecule has 0 aromatic rings. The molecule has 0 aromatic heterocycles. The summed E-state index contributed by atoms with van der Waals surface area (Å²) in [5, 5.41) is 9.90. The van der Waals surface area contributed by atoms with Gasteiger partial charge in [-0.1, -0.05) is 27.2 Å². The van der Waals surface area contributed by atoms with E-state index in [1.54, 1.807) is 0 Å². The fourth-order valence-electron chi connectivity index (χ4n) is 4.95. The van der Waals surface area contributed by atoms with Crippen LogP contribution in [0.1, 0.15) is 59.3 Å². The summed E-state index contributed by atoms with van der Waals surface area (Å²) in [4.78, 5) is 26.2. The van der Waals surface area contributed by atoms with Crippen LogP contribution in [0.5, 0.6) is 0 Å². The molecular weight excluding hydrogens is 270 g/mol. The number of rotatable bonds is 4. The van der Waals surface area contributed by atoms with Crippen molar-refractivity contribution in [1.29, 1.82) is 0 Å². The first kappa shape index (κ1) is 14.8. The first-order valence-electron chi connectivity index (χ1n) is 8.06. The molecule has 5 heteroatoms. The first-order valence-corrected chi connectivity index (χ1v) is 8.06. The van der Waals surface area contributed by atoms with Crippen molar-refractivity contribution in [1.82, 2.24) is 4.90 Å². The highest BCUT2D eigenvalue weighted by Crippen LogP contribution is 2.65. The second-order valence-corrected chi connectivity index (χ2v) is 7.37. The minimum atomic E-state index is -0.674. The van der Waals surface area contributed by atoms with Crippen LogP contribution in [-0.2, 0) is 9.53 Å². The number of hydrogen-bond donors (Lipinski definition) is 1. The van der Waals surface area contributed by atoms with Gasteiger partial charge in [-0.3, -0.25) is 4.79 Å². The predicted molar refractivity (Wildman–Crippen MR) is 76.5 cm³/mol. The highest BCUT2D eigenvalue weighted by atomic mass is 16.6. The van der Waals surface area contributed by atoms with Crippen molar-refractivity contribution in [2.24, 2.45) is 11.3 Å². The Morgan fingerprint density at radius 2 is 2.24 bits per heavy atom. The Morgan fingerprint density at radius 3 is 2.86 bits per heavy atom. The summed E-state index contributed by atoms with van der Waals surface area (Å²) in [6.45, 7) is 6.26. The average Bonchev–Trinajstić information content (AvgIpc) is 2.89. The maximum Gasteiger partial charge on any atom is 0.417 e. The molecule has 1 saturated heterocycles. The van der Waals surface area contributed by atoms with Gasteiger partial charge in [0.05, 0.1) is 18.1 Å². The second-order valence-electron chi connectivity index (χ2n) is 7.37. The fourth-order valence-corrected chi connectivity index (χ4v) is 4.95. The van der Waals surface area contributed by atoms with Gasteiger partial charge in [0.25, 0.3) is 0 Å². The van der Waals surface area contributed by atoms with Crippen LogP contribution in [0, 0.1) is 11.3 Å². The topological polar surface area (TPSA) is 66.8 Å². The van der Waals surface area contributed by atoms with Crippen molar-refractivity contribution in [2.75, 3.05) is 0 Å². The molecule has 2 amide bonds. The SMILES string of the molecule is CCC[C@H](O)CC(=O)N1C(=O)O[C@@H]2C[C@H]3CC[C@]21C3(C)C. The molecule has 2 saturated carbocycles. The van der Waals surface area contributed by atoms with E-state index < -0.39 is 17.7 Å². The Labute approximate surface area is 125 Å². The Morgan fingerprint density at radius 1 is 1.52 bits per heavy atom. The molecule has 0 unspecified atom stereocenters. The summed E-state index contributed by atoms with van der Waals surface area (Å²) in [5.41, 5.74) is -0.590. The van der Waals surface area contributed by atoms with Crippen molar-refractivity contribution in [3.05, 3.63) is 0 Å². The van der Waals surface area contributed by atoms with Gasteiger partial charge in [-0.15, -0.1) is 0 Å². The van der Waals surface area contributed by atoms with E-state index in [-0.39, 0.29) is 23.8 Å². The van der Waals surface area contributed by atoms with Crippen LogP contribution in [0.3, 0.4) is 0 Å². The highest BCUT2D eigenvalue weighted by molar-refractivity contribution is 5.95. The molecule has 0 aromatic carbocycles. The molecule has 118 valence electrons. The molecule has 1 N–H and O–H groups in total. The largest absolute Gasteiger partial charge is 0.443 e. The van der Waals surface area contributed by atoms with Crippen molar-refractivity contribution in [3.8, 4) is 0 Å². The van der Waals surface area contributed by atoms with Gasteiger partial charge in [-0.25, -0.2) is 9.69 Å². The monoisotopic (exact) mass is 295 g/mol. The number of aliphatic hydroxyl groups is 1. The molecule has 1 aliphatic heterocycles. The van der Waals surface area contributed by atoms with Crippen LogP contribution in [0.4, 0.5) is 4.79 Å². The summed E-state index contributed by atoms with van der Waals surface area (Å²) >= 11 is 0. The van der Waals surface area contributed by atoms with Crippen molar-refractivity contribution >= 4 is 12.0 Å². The minimum absolute atomic E-state index is 0.0121. The van der Waals surface area contributed by atoms with E-state index >= 15 is 0 Å². The van der Waals surface area contributed by atoms with Crippen LogP contribution in [-0.4, -0.2) is 39.8 Å². The normalized spacial score (nSPS) is 37.5. The van der Waals surface area contributed by atoms with Crippen LogP contribution in [0.25, 0.3) is 0 Å². The second kappa shape index (κ2) is 4.70. The Hall–Kier alpha value is -1.10. The lowest BCUT2D eigenvalue weighted by Crippen LogP contribution is -2.57. The molecule has 1 heterocycles. The summed E-state index contributed by atoms with van der Waals surface area (Å²) in [6, 6.07) is 0. The standard InChI is InChI=1S/C16H25NO4/c1-4-5-11(18)9-13(19)17-14(20)21-12-8-10-6-7-16(12,17)15(10,2)3/h10-12,18H,4-9H2,1-3H3/t10-,11+,12-,16-/m1/s1.